The zero-order valence-electron chi connectivity index (χ0n) is 23.6. The van der Waals surface area contributed by atoms with E-state index in [1.54, 1.807) is 0 Å². The molecule has 4 aliphatic rings. The fraction of sp³-hybridized carbons (Fsp3) is 0.486. The number of H-pyrrole nitrogens is 1. The highest BCUT2D eigenvalue weighted by Gasteiger charge is 2.47. The molecule has 1 aromatic heterocycles. The molecule has 3 aromatic rings. The number of aromatic nitrogens is 1. The van der Waals surface area contributed by atoms with Crippen molar-refractivity contribution in [2.75, 3.05) is 5.32 Å². The molecule has 6 heteroatoms. The van der Waals surface area contributed by atoms with Crippen LogP contribution in [0.25, 0.3) is 10.9 Å². The molecule has 3 saturated carbocycles. The highest BCUT2D eigenvalue weighted by molar-refractivity contribution is 5.93. The van der Waals surface area contributed by atoms with E-state index >= 15 is 0 Å². The van der Waals surface area contributed by atoms with E-state index in [-0.39, 0.29) is 29.7 Å². The van der Waals surface area contributed by atoms with Crippen LogP contribution in [0.4, 0.5) is 5.69 Å². The monoisotopic (exact) mass is 552 g/mol. The van der Waals surface area contributed by atoms with Gasteiger partial charge in [-0.15, -0.1) is 0 Å². The first kappa shape index (κ1) is 26.4. The number of aliphatic hydroxyl groups excluding tert-OH is 1. The Bertz CT molecular complexity index is 1480. The number of hydrogen-bond donors (Lipinski definition) is 3. The lowest BCUT2D eigenvalue weighted by Crippen LogP contribution is -2.30. The molecule has 1 aliphatic heterocycles. The number of anilines is 1. The van der Waals surface area contributed by atoms with Crippen molar-refractivity contribution in [2.24, 2.45) is 23.7 Å². The van der Waals surface area contributed by atoms with Gasteiger partial charge in [0.05, 0.1) is 5.57 Å². The van der Waals surface area contributed by atoms with Crippen LogP contribution in [0.2, 0.25) is 0 Å². The molecule has 0 bridgehead atoms. The summed E-state index contributed by atoms with van der Waals surface area (Å²) in [4.78, 5) is 29.4. The minimum atomic E-state index is -0.369. The molecule has 0 saturated heterocycles. The molecular weight excluding hydrogens is 512 g/mol. The average molecular weight is 553 g/mol. The number of amides is 1. The Morgan fingerprint density at radius 1 is 1.07 bits per heavy atom. The zero-order valence-corrected chi connectivity index (χ0v) is 23.6. The molecule has 1 amide bonds. The summed E-state index contributed by atoms with van der Waals surface area (Å²) in [6.45, 7) is 0. The first-order valence-corrected chi connectivity index (χ1v) is 15.6. The molecule has 6 nitrogen and oxygen atoms in total. The normalized spacial score (nSPS) is 24.8. The summed E-state index contributed by atoms with van der Waals surface area (Å²) in [5, 5.41) is 15.3. The molecule has 4 unspecified atom stereocenters. The molecule has 7 rings (SSSR count). The summed E-state index contributed by atoms with van der Waals surface area (Å²) < 4.78 is 5.90. The van der Waals surface area contributed by atoms with Crippen molar-refractivity contribution >= 4 is 28.5 Å². The van der Waals surface area contributed by atoms with Crippen LogP contribution in [-0.4, -0.2) is 28.1 Å². The van der Waals surface area contributed by atoms with Crippen LogP contribution in [-0.2, 0) is 20.7 Å². The van der Waals surface area contributed by atoms with Crippen molar-refractivity contribution in [1.82, 2.24) is 4.98 Å². The molecule has 4 atom stereocenters. The first-order valence-electron chi connectivity index (χ1n) is 15.6. The number of para-hydroxylation sites is 1. The zero-order chi connectivity index (χ0) is 27.9. The lowest BCUT2D eigenvalue weighted by molar-refractivity contribution is -0.147. The number of aliphatic hydroxyl groups is 1. The Hall–Kier alpha value is -3.54. The number of hydrogen-bond acceptors (Lipinski definition) is 4. The Morgan fingerprint density at radius 2 is 1.93 bits per heavy atom. The van der Waals surface area contributed by atoms with Gasteiger partial charge in [0.2, 0.25) is 5.91 Å². The van der Waals surface area contributed by atoms with Crippen LogP contribution in [0, 0.1) is 23.7 Å². The molecular formula is C35H40N2O4. The van der Waals surface area contributed by atoms with Crippen molar-refractivity contribution in [3.05, 3.63) is 77.2 Å². The van der Waals surface area contributed by atoms with E-state index in [2.05, 4.69) is 16.4 Å². The highest BCUT2D eigenvalue weighted by Crippen LogP contribution is 2.56. The second-order valence-electron chi connectivity index (χ2n) is 12.9. The number of cyclic esters (lactones) is 1. The second-order valence-corrected chi connectivity index (χ2v) is 12.9. The van der Waals surface area contributed by atoms with Crippen molar-refractivity contribution in [2.45, 2.75) is 82.7 Å². The van der Waals surface area contributed by atoms with E-state index in [4.69, 9.17) is 4.74 Å². The number of aromatic amines is 1. The topological polar surface area (TPSA) is 91.4 Å². The van der Waals surface area contributed by atoms with Gasteiger partial charge in [0, 0.05) is 41.5 Å². The quantitative estimate of drug-likeness (QED) is 0.202. The maximum Gasteiger partial charge on any atom is 0.338 e. The SMILES string of the molecule is O=C(CCc1c[nH]c2ccccc12)Nc1cccc(C(C2=C(O)CC(CCCC3CC3C3CC3)OC2=O)C2CC2)c1. The summed E-state index contributed by atoms with van der Waals surface area (Å²) in [5.74, 6) is 2.70. The van der Waals surface area contributed by atoms with Gasteiger partial charge in [-0.25, -0.2) is 4.79 Å². The maximum atomic E-state index is 13.3. The van der Waals surface area contributed by atoms with Crippen molar-refractivity contribution in [3.63, 3.8) is 0 Å². The predicted octanol–water partition coefficient (Wildman–Crippen LogP) is 7.58. The first-order chi connectivity index (χ1) is 20.0. The number of ether oxygens (including phenoxy) is 1. The van der Waals surface area contributed by atoms with E-state index in [1.807, 2.05) is 48.7 Å². The van der Waals surface area contributed by atoms with E-state index in [1.165, 1.54) is 25.7 Å². The molecule has 2 aromatic carbocycles. The standard InChI is InChI=1S/C35H40N2O4/c38-31-19-27(8-4-5-23-18-29(23)21-11-12-21)41-35(40)34(31)33(22-13-14-22)24-6-3-7-26(17-24)37-32(39)16-15-25-20-36-30-10-2-1-9-28(25)30/h1-3,6-7,9-10,17,20-23,27,29,33,36,38H,4-5,8,11-16,18-19H2,(H,37,39). The predicted molar refractivity (Wildman–Crippen MR) is 159 cm³/mol. The molecule has 3 N–H and O–H groups in total. The van der Waals surface area contributed by atoms with Crippen molar-refractivity contribution in [1.29, 1.82) is 0 Å². The van der Waals surface area contributed by atoms with Crippen molar-refractivity contribution in [3.8, 4) is 0 Å². The smallest absolute Gasteiger partial charge is 0.338 e. The highest BCUT2D eigenvalue weighted by atomic mass is 16.5. The molecule has 3 aliphatic carbocycles. The summed E-state index contributed by atoms with van der Waals surface area (Å²) in [6.07, 6.45) is 12.5. The minimum Gasteiger partial charge on any atom is -0.512 e. The fourth-order valence-electron chi connectivity index (χ4n) is 7.20. The van der Waals surface area contributed by atoms with Gasteiger partial charge in [-0.3, -0.25) is 4.79 Å². The largest absolute Gasteiger partial charge is 0.512 e. The van der Waals surface area contributed by atoms with Crippen LogP contribution >= 0.6 is 0 Å². The Kier molecular flexibility index (Phi) is 7.09. The summed E-state index contributed by atoms with van der Waals surface area (Å²) >= 11 is 0. The van der Waals surface area contributed by atoms with Crippen LogP contribution in [0.5, 0.6) is 0 Å². The van der Waals surface area contributed by atoms with Gasteiger partial charge >= 0.3 is 5.97 Å². The third-order valence-electron chi connectivity index (χ3n) is 9.76. The van der Waals surface area contributed by atoms with Gasteiger partial charge in [-0.1, -0.05) is 36.8 Å². The van der Waals surface area contributed by atoms with Crippen LogP contribution in [0.1, 0.15) is 81.3 Å². The number of fused-ring (bicyclic) bond motifs is 1. The van der Waals surface area contributed by atoms with Gasteiger partial charge in [0.15, 0.2) is 0 Å². The maximum absolute atomic E-state index is 13.3. The number of carbonyl (C=O) groups is 2. The second kappa shape index (κ2) is 11.0. The fourth-order valence-corrected chi connectivity index (χ4v) is 7.20. The summed E-state index contributed by atoms with van der Waals surface area (Å²) in [7, 11) is 0. The molecule has 214 valence electrons. The number of aryl methyl sites for hydroxylation is 1. The van der Waals surface area contributed by atoms with Gasteiger partial charge < -0.3 is 20.1 Å². The van der Waals surface area contributed by atoms with Crippen molar-refractivity contribution < 1.29 is 19.4 Å². The number of esters is 1. The Labute approximate surface area is 241 Å². The number of nitrogens with one attached hydrogen (secondary N) is 2. The van der Waals surface area contributed by atoms with Gasteiger partial charge in [-0.05, 0) is 104 Å². The number of rotatable bonds is 12. The van der Waals surface area contributed by atoms with E-state index in [0.717, 1.165) is 65.5 Å². The van der Waals surface area contributed by atoms with Crippen LogP contribution < -0.4 is 5.32 Å². The summed E-state index contributed by atoms with van der Waals surface area (Å²) in [5.41, 5.74) is 4.28. The molecule has 0 radical (unpaired) electrons. The van der Waals surface area contributed by atoms with Gasteiger partial charge in [0.1, 0.15) is 11.9 Å². The third kappa shape index (κ3) is 5.93. The lowest BCUT2D eigenvalue weighted by Gasteiger charge is -2.29. The lowest BCUT2D eigenvalue weighted by atomic mass is 9.83. The minimum absolute atomic E-state index is 0.0490. The third-order valence-corrected chi connectivity index (χ3v) is 9.76. The Balaban J connectivity index is 0.982. The van der Waals surface area contributed by atoms with E-state index in [0.29, 0.717) is 36.4 Å². The van der Waals surface area contributed by atoms with E-state index in [9.17, 15) is 14.7 Å². The van der Waals surface area contributed by atoms with Gasteiger partial charge in [-0.2, -0.15) is 0 Å². The van der Waals surface area contributed by atoms with E-state index < -0.39 is 0 Å². The average Bonchev–Trinajstić information content (AvgIpc) is 3.82. The summed E-state index contributed by atoms with van der Waals surface area (Å²) in [6, 6.07) is 15.9. The molecule has 0 spiro atoms. The molecule has 41 heavy (non-hydrogen) atoms. The molecule has 3 fully saturated rings. The molecule has 2 heterocycles. The number of carbonyl (C=O) groups excluding carboxylic acids is 2. The van der Waals surface area contributed by atoms with Crippen LogP contribution in [0.3, 0.4) is 0 Å². The Morgan fingerprint density at radius 3 is 2.73 bits per heavy atom. The van der Waals surface area contributed by atoms with Crippen LogP contribution in [0.15, 0.2) is 66.1 Å². The van der Waals surface area contributed by atoms with Gasteiger partial charge in [0.25, 0.3) is 0 Å². The number of benzene rings is 2.